The number of carbonyl (C=O) groups is 1. The number of benzene rings is 1. The summed E-state index contributed by atoms with van der Waals surface area (Å²) in [5, 5.41) is 9.69. The van der Waals surface area contributed by atoms with Gasteiger partial charge in [0.25, 0.3) is 0 Å². The number of phenols is 1. The van der Waals surface area contributed by atoms with Crippen molar-refractivity contribution in [2.45, 2.75) is 6.92 Å². The molecule has 12 heavy (non-hydrogen) atoms. The molecule has 0 aliphatic rings. The number of hydrogen-bond acceptors (Lipinski definition) is 2. The molecule has 1 aromatic carbocycles. The first-order chi connectivity index (χ1) is 5.52. The van der Waals surface area contributed by atoms with Crippen molar-refractivity contribution in [1.82, 2.24) is 0 Å². The highest BCUT2D eigenvalue weighted by Gasteiger charge is 2.09. The average molecular weight is 249 g/mol. The molecular formula is C8H6BrClO2. The lowest BCUT2D eigenvalue weighted by molar-refractivity contribution is 0.101. The van der Waals surface area contributed by atoms with Crippen LogP contribution >= 0.6 is 27.5 Å². The highest BCUT2D eigenvalue weighted by molar-refractivity contribution is 9.10. The molecule has 0 bridgehead atoms. The van der Waals surface area contributed by atoms with Crippen LogP contribution in [-0.4, -0.2) is 10.9 Å². The molecule has 1 aromatic rings. The van der Waals surface area contributed by atoms with E-state index in [2.05, 4.69) is 15.9 Å². The van der Waals surface area contributed by atoms with Crippen molar-refractivity contribution in [2.75, 3.05) is 0 Å². The van der Waals surface area contributed by atoms with Crippen molar-refractivity contribution in [3.63, 3.8) is 0 Å². The summed E-state index contributed by atoms with van der Waals surface area (Å²) >= 11 is 8.85. The SMILES string of the molecule is CC(=O)c1cc(Cl)c(Br)cc1O. The Kier molecular flexibility index (Phi) is 2.75. The Morgan fingerprint density at radius 1 is 1.58 bits per heavy atom. The Balaban J connectivity index is 3.33. The predicted molar refractivity (Wildman–Crippen MR) is 50.8 cm³/mol. The molecule has 1 N–H and O–H groups in total. The molecule has 2 nitrogen and oxygen atoms in total. The Labute approximate surface area is 83.3 Å². The molecule has 0 spiro atoms. The Morgan fingerprint density at radius 2 is 2.17 bits per heavy atom. The summed E-state index contributed by atoms with van der Waals surface area (Å²) in [5.74, 6) is -0.263. The number of ketones is 1. The summed E-state index contributed by atoms with van der Waals surface area (Å²) in [6.07, 6.45) is 0. The van der Waals surface area contributed by atoms with Gasteiger partial charge < -0.3 is 5.11 Å². The second-order valence-corrected chi connectivity index (χ2v) is 3.60. The highest BCUT2D eigenvalue weighted by atomic mass is 79.9. The minimum Gasteiger partial charge on any atom is -0.507 e. The Hall–Kier alpha value is -0.540. The molecule has 1 rings (SSSR count). The van der Waals surface area contributed by atoms with E-state index in [-0.39, 0.29) is 17.1 Å². The van der Waals surface area contributed by atoms with Gasteiger partial charge in [0.05, 0.1) is 10.6 Å². The molecule has 0 unspecified atom stereocenters. The lowest BCUT2D eigenvalue weighted by atomic mass is 10.1. The van der Waals surface area contributed by atoms with Gasteiger partial charge in [-0.25, -0.2) is 0 Å². The highest BCUT2D eigenvalue weighted by Crippen LogP contribution is 2.30. The lowest BCUT2D eigenvalue weighted by Gasteiger charge is -2.02. The maximum atomic E-state index is 10.9. The van der Waals surface area contributed by atoms with E-state index >= 15 is 0 Å². The van der Waals surface area contributed by atoms with Crippen molar-refractivity contribution < 1.29 is 9.90 Å². The van der Waals surface area contributed by atoms with Crippen molar-refractivity contribution >= 4 is 33.3 Å². The van der Waals surface area contributed by atoms with Gasteiger partial charge in [-0.15, -0.1) is 0 Å². The van der Waals surface area contributed by atoms with Crippen LogP contribution in [0.3, 0.4) is 0 Å². The van der Waals surface area contributed by atoms with E-state index in [1.807, 2.05) is 0 Å². The lowest BCUT2D eigenvalue weighted by Crippen LogP contribution is -1.92. The van der Waals surface area contributed by atoms with Gasteiger partial charge in [0.15, 0.2) is 5.78 Å². The van der Waals surface area contributed by atoms with E-state index in [1.165, 1.54) is 19.1 Å². The average Bonchev–Trinajstić information content (AvgIpc) is 1.96. The van der Waals surface area contributed by atoms with Crippen LogP contribution in [-0.2, 0) is 0 Å². The predicted octanol–water partition coefficient (Wildman–Crippen LogP) is 3.01. The summed E-state index contributed by atoms with van der Waals surface area (Å²) in [6.45, 7) is 1.37. The van der Waals surface area contributed by atoms with E-state index in [4.69, 9.17) is 11.6 Å². The molecule has 0 amide bonds. The normalized spacial score (nSPS) is 9.92. The van der Waals surface area contributed by atoms with Crippen LogP contribution in [0.1, 0.15) is 17.3 Å². The van der Waals surface area contributed by atoms with Crippen molar-refractivity contribution in [3.05, 3.63) is 27.2 Å². The van der Waals surface area contributed by atoms with E-state index in [1.54, 1.807) is 0 Å². The van der Waals surface area contributed by atoms with Gasteiger partial charge in [0.1, 0.15) is 5.75 Å². The van der Waals surface area contributed by atoms with Crippen molar-refractivity contribution in [1.29, 1.82) is 0 Å². The van der Waals surface area contributed by atoms with Gasteiger partial charge in [-0.2, -0.15) is 0 Å². The number of Topliss-reactive ketones (excluding diaryl/α,β-unsaturated/α-hetero) is 1. The first kappa shape index (κ1) is 9.55. The maximum absolute atomic E-state index is 10.9. The summed E-state index contributed by atoms with van der Waals surface area (Å²) < 4.78 is 0.576. The molecule has 0 fully saturated rings. The number of phenolic OH excluding ortho intramolecular Hbond substituents is 1. The zero-order valence-electron chi connectivity index (χ0n) is 6.27. The van der Waals surface area contributed by atoms with E-state index < -0.39 is 0 Å². The third-order valence-corrected chi connectivity index (χ3v) is 2.61. The minimum atomic E-state index is -0.207. The summed E-state index contributed by atoms with van der Waals surface area (Å²) in [6, 6.07) is 2.84. The zero-order chi connectivity index (χ0) is 9.30. The summed E-state index contributed by atoms with van der Waals surface area (Å²) in [7, 11) is 0. The molecule has 0 saturated carbocycles. The van der Waals surface area contributed by atoms with Crippen LogP contribution in [0.2, 0.25) is 5.02 Å². The molecule has 0 aliphatic carbocycles. The molecule has 0 saturated heterocycles. The first-order valence-electron chi connectivity index (χ1n) is 3.21. The zero-order valence-corrected chi connectivity index (χ0v) is 8.61. The maximum Gasteiger partial charge on any atom is 0.163 e. The van der Waals surface area contributed by atoms with Crippen LogP contribution in [0.4, 0.5) is 0 Å². The largest absolute Gasteiger partial charge is 0.507 e. The number of hydrogen-bond donors (Lipinski definition) is 1. The fourth-order valence-corrected chi connectivity index (χ4v) is 1.31. The summed E-state index contributed by atoms with van der Waals surface area (Å²) in [5.41, 5.74) is 0.239. The minimum absolute atomic E-state index is 0.0567. The van der Waals surface area contributed by atoms with Crippen LogP contribution < -0.4 is 0 Å². The Morgan fingerprint density at radius 3 is 2.67 bits per heavy atom. The van der Waals surface area contributed by atoms with Crippen molar-refractivity contribution in [2.24, 2.45) is 0 Å². The third-order valence-electron chi connectivity index (χ3n) is 1.42. The smallest absolute Gasteiger partial charge is 0.163 e. The van der Waals surface area contributed by atoms with Gasteiger partial charge in [-0.3, -0.25) is 4.79 Å². The van der Waals surface area contributed by atoms with Gasteiger partial charge in [0.2, 0.25) is 0 Å². The van der Waals surface area contributed by atoms with Crippen LogP contribution in [0, 0.1) is 0 Å². The van der Waals surface area contributed by atoms with Crippen LogP contribution in [0.15, 0.2) is 16.6 Å². The topological polar surface area (TPSA) is 37.3 Å². The van der Waals surface area contributed by atoms with Crippen LogP contribution in [0.5, 0.6) is 5.75 Å². The summed E-state index contributed by atoms with van der Waals surface area (Å²) in [4.78, 5) is 10.9. The monoisotopic (exact) mass is 248 g/mol. The van der Waals surface area contributed by atoms with Gasteiger partial charge in [-0.1, -0.05) is 11.6 Å². The Bertz CT molecular complexity index is 336. The first-order valence-corrected chi connectivity index (χ1v) is 4.38. The number of carbonyl (C=O) groups excluding carboxylic acids is 1. The fourth-order valence-electron chi connectivity index (χ4n) is 0.818. The van der Waals surface area contributed by atoms with Gasteiger partial charge >= 0.3 is 0 Å². The molecule has 0 aliphatic heterocycles. The number of rotatable bonds is 1. The van der Waals surface area contributed by atoms with Gasteiger partial charge in [0, 0.05) is 4.47 Å². The molecule has 4 heteroatoms. The molecule has 0 atom stereocenters. The van der Waals surface area contributed by atoms with E-state index in [0.29, 0.717) is 9.50 Å². The second-order valence-electron chi connectivity index (χ2n) is 2.34. The molecular weight excluding hydrogens is 243 g/mol. The van der Waals surface area contributed by atoms with Crippen molar-refractivity contribution in [3.8, 4) is 5.75 Å². The second kappa shape index (κ2) is 3.46. The standard InChI is InChI=1S/C8H6BrClO2/c1-4(11)5-2-7(10)6(9)3-8(5)12/h2-3,12H,1H3. The van der Waals surface area contributed by atoms with Crippen LogP contribution in [0.25, 0.3) is 0 Å². The number of aromatic hydroxyl groups is 1. The van der Waals surface area contributed by atoms with E-state index in [0.717, 1.165) is 0 Å². The van der Waals surface area contributed by atoms with Gasteiger partial charge in [-0.05, 0) is 35.0 Å². The quantitative estimate of drug-likeness (QED) is 0.777. The van der Waals surface area contributed by atoms with E-state index in [9.17, 15) is 9.90 Å². The number of halogens is 2. The molecule has 0 aromatic heterocycles. The molecule has 64 valence electrons. The molecule has 0 radical (unpaired) electrons. The third kappa shape index (κ3) is 1.79. The molecule has 0 heterocycles. The fraction of sp³-hybridized carbons (Fsp3) is 0.125.